The standard InChI is InChI=1S/C16H27NO2/c1-14(18)15(16(14,19)13-17)11-9-7-5-3-2-4-6-8-10-12-15/h18-19H,2-12H2,1H3. The van der Waals surface area contributed by atoms with Crippen LogP contribution in [-0.2, 0) is 0 Å². The van der Waals surface area contributed by atoms with Crippen LogP contribution in [0.1, 0.15) is 77.6 Å². The average Bonchev–Trinajstić information content (AvgIpc) is 2.74. The van der Waals surface area contributed by atoms with Crippen molar-refractivity contribution in [3.8, 4) is 6.07 Å². The van der Waals surface area contributed by atoms with Crippen molar-refractivity contribution in [2.45, 2.75) is 88.8 Å². The summed E-state index contributed by atoms with van der Waals surface area (Å²) >= 11 is 0. The summed E-state index contributed by atoms with van der Waals surface area (Å²) in [6.07, 6.45) is 12.3. The summed E-state index contributed by atoms with van der Waals surface area (Å²) in [7, 11) is 0. The first kappa shape index (κ1) is 14.8. The molecule has 2 unspecified atom stereocenters. The number of aliphatic hydroxyl groups is 2. The van der Waals surface area contributed by atoms with Crippen LogP contribution in [0.25, 0.3) is 0 Å². The summed E-state index contributed by atoms with van der Waals surface area (Å²) < 4.78 is 0. The monoisotopic (exact) mass is 265 g/mol. The van der Waals surface area contributed by atoms with Gasteiger partial charge in [-0.25, -0.2) is 0 Å². The molecule has 1 spiro atoms. The van der Waals surface area contributed by atoms with Crippen molar-refractivity contribution in [3.05, 3.63) is 0 Å². The van der Waals surface area contributed by atoms with Crippen LogP contribution in [0, 0.1) is 16.7 Å². The smallest absolute Gasteiger partial charge is 0.188 e. The van der Waals surface area contributed by atoms with Crippen molar-refractivity contribution in [1.29, 1.82) is 5.26 Å². The molecular weight excluding hydrogens is 238 g/mol. The van der Waals surface area contributed by atoms with Gasteiger partial charge < -0.3 is 10.2 Å². The minimum Gasteiger partial charge on any atom is -0.385 e. The molecule has 2 saturated carbocycles. The third-order valence-electron chi connectivity index (χ3n) is 5.64. The number of hydrogen-bond donors (Lipinski definition) is 2. The van der Waals surface area contributed by atoms with E-state index in [-0.39, 0.29) is 0 Å². The highest BCUT2D eigenvalue weighted by Crippen LogP contribution is 2.69. The van der Waals surface area contributed by atoms with Crippen LogP contribution >= 0.6 is 0 Å². The zero-order valence-corrected chi connectivity index (χ0v) is 12.1. The third kappa shape index (κ3) is 2.19. The molecule has 0 aromatic rings. The Hall–Kier alpha value is -0.590. The van der Waals surface area contributed by atoms with Crippen molar-refractivity contribution in [2.24, 2.45) is 5.41 Å². The lowest BCUT2D eigenvalue weighted by Crippen LogP contribution is -2.19. The van der Waals surface area contributed by atoms with E-state index in [1.807, 2.05) is 6.07 Å². The largest absolute Gasteiger partial charge is 0.385 e. The van der Waals surface area contributed by atoms with Gasteiger partial charge in [0.25, 0.3) is 0 Å². The Bertz CT molecular complexity index is 346. The minimum absolute atomic E-state index is 0.575. The van der Waals surface area contributed by atoms with Crippen LogP contribution in [0.3, 0.4) is 0 Å². The molecule has 2 atom stereocenters. The van der Waals surface area contributed by atoms with Gasteiger partial charge in [0.2, 0.25) is 0 Å². The van der Waals surface area contributed by atoms with Crippen molar-refractivity contribution in [1.82, 2.24) is 0 Å². The van der Waals surface area contributed by atoms with E-state index >= 15 is 0 Å². The second-order valence-corrected chi connectivity index (χ2v) is 6.66. The summed E-state index contributed by atoms with van der Waals surface area (Å²) in [6.45, 7) is 1.64. The molecule has 0 radical (unpaired) electrons. The van der Waals surface area contributed by atoms with Crippen molar-refractivity contribution >= 4 is 0 Å². The number of hydrogen-bond acceptors (Lipinski definition) is 3. The Morgan fingerprint density at radius 3 is 1.47 bits per heavy atom. The van der Waals surface area contributed by atoms with Gasteiger partial charge in [0, 0.05) is 5.41 Å². The van der Waals surface area contributed by atoms with Gasteiger partial charge in [-0.1, -0.05) is 57.8 Å². The molecule has 19 heavy (non-hydrogen) atoms. The molecule has 2 aliphatic carbocycles. The Labute approximate surface area is 116 Å². The Kier molecular flexibility index (Phi) is 4.23. The van der Waals surface area contributed by atoms with Crippen LogP contribution in [-0.4, -0.2) is 21.4 Å². The maximum atomic E-state index is 10.5. The highest BCUT2D eigenvalue weighted by molar-refractivity contribution is 5.41. The SMILES string of the molecule is CC1(O)C(O)(C#N)C12CCCCCCCCCCC2. The van der Waals surface area contributed by atoms with Gasteiger partial charge in [-0.05, 0) is 19.8 Å². The zero-order chi connectivity index (χ0) is 14.0. The number of rotatable bonds is 0. The average molecular weight is 265 g/mol. The molecule has 2 N–H and O–H groups in total. The third-order valence-corrected chi connectivity index (χ3v) is 5.64. The summed E-state index contributed by atoms with van der Waals surface area (Å²) in [5, 5.41) is 30.1. The van der Waals surface area contributed by atoms with Gasteiger partial charge in [0.15, 0.2) is 5.60 Å². The van der Waals surface area contributed by atoms with Gasteiger partial charge in [0.1, 0.15) is 11.7 Å². The summed E-state index contributed by atoms with van der Waals surface area (Å²) in [5.41, 5.74) is -3.32. The quantitative estimate of drug-likeness (QED) is 0.660. The van der Waals surface area contributed by atoms with Gasteiger partial charge in [0.05, 0.1) is 0 Å². The number of nitriles is 1. The van der Waals surface area contributed by atoms with Gasteiger partial charge in [-0.15, -0.1) is 0 Å². The first-order chi connectivity index (χ1) is 9.02. The molecule has 0 aromatic heterocycles. The fourth-order valence-electron chi connectivity index (χ4n) is 4.11. The number of nitrogens with zero attached hydrogens (tertiary/aromatic N) is 1. The topological polar surface area (TPSA) is 64.2 Å². The summed E-state index contributed by atoms with van der Waals surface area (Å²) in [5.74, 6) is 0. The van der Waals surface area contributed by atoms with Gasteiger partial charge >= 0.3 is 0 Å². The van der Waals surface area contributed by atoms with E-state index in [0.717, 1.165) is 38.5 Å². The predicted octanol–water partition coefficient (Wildman–Crippen LogP) is 3.30. The van der Waals surface area contributed by atoms with E-state index in [1.165, 1.54) is 32.1 Å². The molecule has 0 saturated heterocycles. The molecule has 2 aliphatic rings. The van der Waals surface area contributed by atoms with Crippen molar-refractivity contribution in [2.75, 3.05) is 0 Å². The fourth-order valence-corrected chi connectivity index (χ4v) is 4.11. The van der Waals surface area contributed by atoms with E-state index in [2.05, 4.69) is 0 Å². The molecule has 0 heterocycles. The molecule has 0 amide bonds. The molecule has 0 bridgehead atoms. The zero-order valence-electron chi connectivity index (χ0n) is 12.1. The highest BCUT2D eigenvalue weighted by Gasteiger charge is 2.84. The second-order valence-electron chi connectivity index (χ2n) is 6.66. The first-order valence-corrected chi connectivity index (χ1v) is 7.88. The van der Waals surface area contributed by atoms with Gasteiger partial charge in [-0.2, -0.15) is 5.26 Å². The van der Waals surface area contributed by atoms with Crippen LogP contribution in [0.15, 0.2) is 0 Å². The normalized spacial score (nSPS) is 39.9. The fraction of sp³-hybridized carbons (Fsp3) is 0.938. The van der Waals surface area contributed by atoms with Crippen molar-refractivity contribution in [3.63, 3.8) is 0 Å². The Balaban J connectivity index is 2.07. The Morgan fingerprint density at radius 1 is 0.789 bits per heavy atom. The van der Waals surface area contributed by atoms with E-state index in [0.29, 0.717) is 0 Å². The molecule has 2 rings (SSSR count). The first-order valence-electron chi connectivity index (χ1n) is 7.88. The van der Waals surface area contributed by atoms with Crippen LogP contribution in [0.2, 0.25) is 0 Å². The van der Waals surface area contributed by atoms with Crippen LogP contribution in [0.4, 0.5) is 0 Å². The predicted molar refractivity (Wildman–Crippen MR) is 74.4 cm³/mol. The molecule has 0 aliphatic heterocycles. The van der Waals surface area contributed by atoms with E-state index < -0.39 is 16.6 Å². The molecule has 3 nitrogen and oxygen atoms in total. The maximum Gasteiger partial charge on any atom is 0.188 e. The molecular formula is C16H27NO2. The van der Waals surface area contributed by atoms with Crippen LogP contribution in [0.5, 0.6) is 0 Å². The molecule has 3 heteroatoms. The molecule has 108 valence electrons. The van der Waals surface area contributed by atoms with Crippen LogP contribution < -0.4 is 0 Å². The lowest BCUT2D eigenvalue weighted by Gasteiger charge is -2.19. The lowest BCUT2D eigenvalue weighted by molar-refractivity contribution is 0.0642. The highest BCUT2D eigenvalue weighted by atomic mass is 16.4. The van der Waals surface area contributed by atoms with Crippen molar-refractivity contribution < 1.29 is 10.2 Å². The summed E-state index contributed by atoms with van der Waals surface area (Å²) in [6, 6.07) is 1.98. The maximum absolute atomic E-state index is 10.5. The van der Waals surface area contributed by atoms with Gasteiger partial charge in [-0.3, -0.25) is 0 Å². The van der Waals surface area contributed by atoms with E-state index in [4.69, 9.17) is 0 Å². The molecule has 0 aromatic carbocycles. The molecule has 2 fully saturated rings. The summed E-state index contributed by atoms with van der Waals surface area (Å²) in [4.78, 5) is 0. The minimum atomic E-state index is -1.52. The van der Waals surface area contributed by atoms with E-state index in [9.17, 15) is 15.5 Å². The Morgan fingerprint density at radius 2 is 1.16 bits per heavy atom. The van der Waals surface area contributed by atoms with E-state index in [1.54, 1.807) is 6.92 Å². The second kappa shape index (κ2) is 5.42. The lowest BCUT2D eigenvalue weighted by atomic mass is 9.86.